The fourth-order valence-electron chi connectivity index (χ4n) is 4.65. The maximum atomic E-state index is 13.1. The average Bonchev–Trinajstić information content (AvgIpc) is 3.31. The van der Waals surface area contributed by atoms with Gasteiger partial charge in [-0.25, -0.2) is 9.59 Å². The Morgan fingerprint density at radius 2 is 1.57 bits per heavy atom. The van der Waals surface area contributed by atoms with Crippen LogP contribution >= 0.6 is 0 Å². The summed E-state index contributed by atoms with van der Waals surface area (Å²) in [5, 5.41) is 3.13. The van der Waals surface area contributed by atoms with Crippen LogP contribution in [0.1, 0.15) is 45.6 Å². The number of anilines is 1. The van der Waals surface area contributed by atoms with Crippen molar-refractivity contribution in [1.82, 2.24) is 10.2 Å². The molecule has 2 aliphatic heterocycles. The molecule has 1 saturated heterocycles. The Kier molecular flexibility index (Phi) is 9.92. The largest absolute Gasteiger partial charge is 0.466 e. The van der Waals surface area contributed by atoms with Gasteiger partial charge in [0.05, 0.1) is 18.3 Å². The van der Waals surface area contributed by atoms with Gasteiger partial charge in [0, 0.05) is 49.6 Å². The number of nitrogens with zero attached hydrogens (tertiary/aromatic N) is 1. The molecule has 7 nitrogen and oxygen atoms in total. The van der Waals surface area contributed by atoms with Gasteiger partial charge in [-0.2, -0.15) is 0 Å². The second-order valence-corrected chi connectivity index (χ2v) is 9.60. The van der Waals surface area contributed by atoms with E-state index >= 15 is 0 Å². The van der Waals surface area contributed by atoms with Gasteiger partial charge in [-0.1, -0.05) is 55.5 Å². The SMILES string of the molecule is CCC1(OC(=O)C2=C(C)NC(C)=C(C(=O)OC)C2)CCN(CCc2ccccc2)C1.Nc1ccccc1. The summed E-state index contributed by atoms with van der Waals surface area (Å²) in [6, 6.07) is 19.9. The smallest absolute Gasteiger partial charge is 0.336 e. The summed E-state index contributed by atoms with van der Waals surface area (Å²) in [7, 11) is 1.35. The maximum absolute atomic E-state index is 13.1. The van der Waals surface area contributed by atoms with Crippen LogP contribution < -0.4 is 11.1 Å². The van der Waals surface area contributed by atoms with Gasteiger partial charge in [-0.05, 0) is 44.4 Å². The molecular formula is C30H39N3O4. The number of hydrogen-bond acceptors (Lipinski definition) is 7. The zero-order valence-electron chi connectivity index (χ0n) is 22.4. The van der Waals surface area contributed by atoms with Gasteiger partial charge >= 0.3 is 11.9 Å². The summed E-state index contributed by atoms with van der Waals surface area (Å²) in [6.45, 7) is 8.32. The first-order valence-electron chi connectivity index (χ1n) is 12.8. The Balaban J connectivity index is 0.000000468. The quantitative estimate of drug-likeness (QED) is 0.419. The first kappa shape index (κ1) is 28.0. The Labute approximate surface area is 220 Å². The molecule has 1 fully saturated rings. The van der Waals surface area contributed by atoms with Gasteiger partial charge in [0.1, 0.15) is 5.60 Å². The van der Waals surface area contributed by atoms with Crippen LogP contribution in [-0.4, -0.2) is 49.2 Å². The van der Waals surface area contributed by atoms with Crippen LogP contribution in [0.25, 0.3) is 0 Å². The molecule has 2 aromatic carbocycles. The zero-order chi connectivity index (χ0) is 26.8. The normalized spacial score (nSPS) is 19.6. The third-order valence-electron chi connectivity index (χ3n) is 7.02. The molecule has 198 valence electrons. The summed E-state index contributed by atoms with van der Waals surface area (Å²) in [4.78, 5) is 27.5. The highest BCUT2D eigenvalue weighted by molar-refractivity contribution is 5.96. The van der Waals surface area contributed by atoms with E-state index in [1.165, 1.54) is 12.7 Å². The number of esters is 2. The first-order chi connectivity index (χ1) is 17.8. The summed E-state index contributed by atoms with van der Waals surface area (Å²) in [5.41, 5.74) is 9.43. The van der Waals surface area contributed by atoms with Crippen molar-refractivity contribution in [2.24, 2.45) is 0 Å². The zero-order valence-corrected chi connectivity index (χ0v) is 22.4. The van der Waals surface area contributed by atoms with Gasteiger partial charge < -0.3 is 20.5 Å². The molecule has 1 atom stereocenters. The summed E-state index contributed by atoms with van der Waals surface area (Å²) < 4.78 is 10.9. The molecule has 1 unspecified atom stereocenters. The second kappa shape index (κ2) is 13.1. The van der Waals surface area contributed by atoms with Crippen molar-refractivity contribution < 1.29 is 19.1 Å². The molecule has 0 radical (unpaired) electrons. The lowest BCUT2D eigenvalue weighted by Crippen LogP contribution is -2.39. The van der Waals surface area contributed by atoms with Gasteiger partial charge in [0.2, 0.25) is 0 Å². The van der Waals surface area contributed by atoms with Gasteiger partial charge in [-0.15, -0.1) is 0 Å². The number of nitrogen functional groups attached to an aromatic ring is 1. The predicted molar refractivity (Wildman–Crippen MR) is 146 cm³/mol. The van der Waals surface area contributed by atoms with E-state index in [0.717, 1.165) is 50.3 Å². The molecular weight excluding hydrogens is 466 g/mol. The van der Waals surface area contributed by atoms with E-state index in [1.807, 2.05) is 50.2 Å². The number of ether oxygens (including phenoxy) is 2. The highest BCUT2D eigenvalue weighted by Gasteiger charge is 2.41. The number of carbonyl (C=O) groups excluding carboxylic acids is 2. The van der Waals surface area contributed by atoms with E-state index < -0.39 is 11.6 Å². The van der Waals surface area contributed by atoms with E-state index in [1.54, 1.807) is 0 Å². The van der Waals surface area contributed by atoms with Crippen molar-refractivity contribution in [3.63, 3.8) is 0 Å². The number of likely N-dealkylation sites (tertiary alicyclic amines) is 1. The molecule has 2 heterocycles. The minimum atomic E-state index is -0.483. The number of rotatable bonds is 7. The van der Waals surface area contributed by atoms with Crippen LogP contribution in [-0.2, 0) is 25.5 Å². The van der Waals surface area contributed by atoms with E-state index in [9.17, 15) is 9.59 Å². The van der Waals surface area contributed by atoms with E-state index in [2.05, 4.69) is 41.4 Å². The van der Waals surface area contributed by atoms with Crippen LogP contribution in [0, 0.1) is 0 Å². The third-order valence-corrected chi connectivity index (χ3v) is 7.02. The topological polar surface area (TPSA) is 93.9 Å². The Hall–Kier alpha value is -3.58. The lowest BCUT2D eigenvalue weighted by molar-refractivity contribution is -0.154. The van der Waals surface area contributed by atoms with Crippen molar-refractivity contribution in [2.75, 3.05) is 32.5 Å². The molecule has 37 heavy (non-hydrogen) atoms. The lowest BCUT2D eigenvalue weighted by atomic mass is 9.96. The Morgan fingerprint density at radius 1 is 0.973 bits per heavy atom. The number of dihydropyridines is 1. The van der Waals surface area contributed by atoms with Crippen LogP contribution in [0.3, 0.4) is 0 Å². The molecule has 0 spiro atoms. The minimum Gasteiger partial charge on any atom is -0.466 e. The van der Waals surface area contributed by atoms with Gasteiger partial charge in [0.15, 0.2) is 0 Å². The maximum Gasteiger partial charge on any atom is 0.336 e. The van der Waals surface area contributed by atoms with Gasteiger partial charge in [-0.3, -0.25) is 4.90 Å². The molecule has 7 heteroatoms. The Morgan fingerprint density at radius 3 is 2.11 bits per heavy atom. The molecule has 0 aromatic heterocycles. The number of nitrogens with one attached hydrogen (secondary N) is 1. The van der Waals surface area contributed by atoms with Crippen molar-refractivity contribution in [3.8, 4) is 0 Å². The van der Waals surface area contributed by atoms with E-state index in [-0.39, 0.29) is 12.4 Å². The lowest BCUT2D eigenvalue weighted by Gasteiger charge is -2.30. The molecule has 3 N–H and O–H groups in total. The monoisotopic (exact) mass is 505 g/mol. The van der Waals surface area contributed by atoms with Gasteiger partial charge in [0.25, 0.3) is 0 Å². The third kappa shape index (κ3) is 7.70. The van der Waals surface area contributed by atoms with Crippen LogP contribution in [0.2, 0.25) is 0 Å². The number of allylic oxidation sites excluding steroid dienone is 2. The predicted octanol–water partition coefficient (Wildman–Crippen LogP) is 4.61. The molecule has 2 aromatic rings. The van der Waals surface area contributed by atoms with Crippen molar-refractivity contribution in [1.29, 1.82) is 0 Å². The summed E-state index contributed by atoms with van der Waals surface area (Å²) in [5.74, 6) is -0.767. The summed E-state index contributed by atoms with van der Waals surface area (Å²) in [6.07, 6.45) is 2.80. The van der Waals surface area contributed by atoms with Crippen LogP contribution in [0.15, 0.2) is 83.2 Å². The van der Waals surface area contributed by atoms with Crippen molar-refractivity contribution in [3.05, 3.63) is 88.8 Å². The number of methoxy groups -OCH3 is 1. The molecule has 2 aliphatic rings. The molecule has 0 saturated carbocycles. The number of benzene rings is 2. The number of carbonyl (C=O) groups is 2. The number of para-hydroxylation sites is 1. The van der Waals surface area contributed by atoms with Crippen LogP contribution in [0.4, 0.5) is 5.69 Å². The Bertz CT molecular complexity index is 1130. The highest BCUT2D eigenvalue weighted by Crippen LogP contribution is 2.32. The molecule has 4 rings (SSSR count). The number of nitrogens with two attached hydrogens (primary N) is 1. The second-order valence-electron chi connectivity index (χ2n) is 9.60. The molecule has 0 amide bonds. The molecule has 0 aliphatic carbocycles. The standard InChI is InChI=1S/C24H32N2O4.C6H7N/c1-5-24(12-14-26(16-24)13-11-19-9-7-6-8-10-19)30-23(28)21-15-20(22(27)29-4)17(2)25-18(21)3;7-6-4-2-1-3-5-6/h6-10,25H,5,11-16H2,1-4H3;1-5H,7H2. The average molecular weight is 506 g/mol. The fraction of sp³-hybridized carbons (Fsp3) is 0.400. The summed E-state index contributed by atoms with van der Waals surface area (Å²) >= 11 is 0. The minimum absolute atomic E-state index is 0.230. The molecule has 0 bridgehead atoms. The van der Waals surface area contributed by atoms with Crippen molar-refractivity contribution in [2.45, 2.75) is 52.1 Å². The van der Waals surface area contributed by atoms with Crippen LogP contribution in [0.5, 0.6) is 0 Å². The van der Waals surface area contributed by atoms with Crippen molar-refractivity contribution >= 4 is 17.6 Å². The van der Waals surface area contributed by atoms with E-state index in [4.69, 9.17) is 15.2 Å². The number of hydrogen-bond donors (Lipinski definition) is 2. The highest BCUT2D eigenvalue weighted by atomic mass is 16.6. The fourth-order valence-corrected chi connectivity index (χ4v) is 4.65. The first-order valence-corrected chi connectivity index (χ1v) is 12.8. The van der Waals surface area contributed by atoms with E-state index in [0.29, 0.717) is 16.8 Å².